The molecular weight excluding hydrogens is 398 g/mol. The number of benzene rings is 1. The van der Waals surface area contributed by atoms with Gasteiger partial charge in [-0.3, -0.25) is 10.1 Å². The van der Waals surface area contributed by atoms with Crippen LogP contribution >= 0.6 is 11.3 Å². The Hall–Kier alpha value is -3.80. The number of methoxy groups -OCH3 is 2. The first kappa shape index (κ1) is 18.6. The van der Waals surface area contributed by atoms with Crippen LogP contribution in [0.1, 0.15) is 5.56 Å². The van der Waals surface area contributed by atoms with Crippen molar-refractivity contribution in [3.63, 3.8) is 0 Å². The summed E-state index contributed by atoms with van der Waals surface area (Å²) in [6.07, 6.45) is 2.82. The Morgan fingerprint density at radius 3 is 2.72 bits per heavy atom. The van der Waals surface area contributed by atoms with Gasteiger partial charge in [-0.15, -0.1) is 0 Å². The van der Waals surface area contributed by atoms with Crippen LogP contribution in [0.5, 0.6) is 11.5 Å². The minimum absolute atomic E-state index is 0.0146. The summed E-state index contributed by atoms with van der Waals surface area (Å²) in [6, 6.07) is 7.00. The molecule has 148 valence electrons. The Balaban J connectivity index is 1.71. The topological polar surface area (TPSA) is 130 Å². The van der Waals surface area contributed by atoms with E-state index in [4.69, 9.17) is 9.47 Å². The number of anilines is 1. The number of ether oxygens (including phenoxy) is 2. The molecule has 1 N–H and O–H groups in total. The Morgan fingerprint density at radius 2 is 2.03 bits per heavy atom. The van der Waals surface area contributed by atoms with Crippen molar-refractivity contribution in [2.45, 2.75) is 6.54 Å². The Bertz CT molecular complexity index is 1180. The van der Waals surface area contributed by atoms with Gasteiger partial charge in [0.1, 0.15) is 23.3 Å². The van der Waals surface area contributed by atoms with Gasteiger partial charge in [0.2, 0.25) is 0 Å². The maximum Gasteiger partial charge on any atom is 0.326 e. The van der Waals surface area contributed by atoms with Crippen molar-refractivity contribution in [1.29, 1.82) is 0 Å². The van der Waals surface area contributed by atoms with E-state index < -0.39 is 4.92 Å². The summed E-state index contributed by atoms with van der Waals surface area (Å²) in [4.78, 5) is 24.0. The van der Waals surface area contributed by atoms with E-state index >= 15 is 0 Å². The normalized spacial score (nSPS) is 10.8. The molecule has 0 amide bonds. The molecule has 11 nitrogen and oxygen atoms in total. The van der Waals surface area contributed by atoms with Crippen molar-refractivity contribution >= 4 is 32.4 Å². The number of thiophene rings is 1. The van der Waals surface area contributed by atoms with Crippen LogP contribution in [-0.2, 0) is 6.54 Å². The molecule has 0 saturated heterocycles. The van der Waals surface area contributed by atoms with Crippen molar-refractivity contribution in [1.82, 2.24) is 24.7 Å². The fraction of sp³-hybridized carbons (Fsp3) is 0.176. The van der Waals surface area contributed by atoms with E-state index in [1.807, 2.05) is 18.2 Å². The molecule has 4 aromatic rings. The fourth-order valence-electron chi connectivity index (χ4n) is 2.71. The van der Waals surface area contributed by atoms with Crippen LogP contribution in [-0.4, -0.2) is 43.9 Å². The minimum atomic E-state index is -0.445. The van der Waals surface area contributed by atoms with Gasteiger partial charge < -0.3 is 14.8 Å². The van der Waals surface area contributed by atoms with Crippen molar-refractivity contribution in [2.75, 3.05) is 19.5 Å². The van der Waals surface area contributed by atoms with Crippen LogP contribution < -0.4 is 14.8 Å². The molecule has 0 saturated carbocycles. The van der Waals surface area contributed by atoms with Crippen LogP contribution in [0.2, 0.25) is 0 Å². The summed E-state index contributed by atoms with van der Waals surface area (Å²) in [5.41, 5.74) is 0.918. The molecule has 0 aliphatic heterocycles. The molecular formula is C17H15N7O4S. The lowest BCUT2D eigenvalue weighted by molar-refractivity contribution is -0.380. The summed E-state index contributed by atoms with van der Waals surface area (Å²) in [5.74, 6) is 1.96. The highest BCUT2D eigenvalue weighted by molar-refractivity contribution is 7.21. The molecule has 3 heterocycles. The van der Waals surface area contributed by atoms with Crippen LogP contribution in [0.25, 0.3) is 16.2 Å². The second kappa shape index (κ2) is 7.67. The van der Waals surface area contributed by atoms with Crippen molar-refractivity contribution in [2.24, 2.45) is 0 Å². The second-order valence-corrected chi connectivity index (χ2v) is 6.82. The molecule has 3 aromatic heterocycles. The Kier molecular flexibility index (Phi) is 4.91. The fourth-order valence-corrected chi connectivity index (χ4v) is 3.55. The predicted molar refractivity (Wildman–Crippen MR) is 106 cm³/mol. The van der Waals surface area contributed by atoms with E-state index in [0.29, 0.717) is 34.1 Å². The Labute approximate surface area is 168 Å². The average Bonchev–Trinajstić information content (AvgIpc) is 3.41. The average molecular weight is 413 g/mol. The molecule has 0 atom stereocenters. The third kappa shape index (κ3) is 3.65. The van der Waals surface area contributed by atoms with Crippen LogP contribution in [0.3, 0.4) is 0 Å². The first-order valence-electron chi connectivity index (χ1n) is 8.35. The quantitative estimate of drug-likeness (QED) is 0.359. The summed E-state index contributed by atoms with van der Waals surface area (Å²) >= 11 is 0.975. The van der Waals surface area contributed by atoms with Gasteiger partial charge in [-0.25, -0.2) is 4.98 Å². The third-order valence-electron chi connectivity index (χ3n) is 4.08. The molecule has 12 heteroatoms. The molecule has 0 aliphatic carbocycles. The zero-order chi connectivity index (χ0) is 20.4. The lowest BCUT2D eigenvalue weighted by Crippen LogP contribution is -2.07. The number of nitrogens with zero attached hydrogens (tertiary/aromatic N) is 6. The molecule has 0 unspecified atom stereocenters. The lowest BCUT2D eigenvalue weighted by Gasteiger charge is -2.11. The van der Waals surface area contributed by atoms with Crippen molar-refractivity contribution < 1.29 is 14.4 Å². The van der Waals surface area contributed by atoms with Gasteiger partial charge in [-0.05, 0) is 29.0 Å². The smallest absolute Gasteiger partial charge is 0.326 e. The number of hydrogen-bond acceptors (Lipinski definition) is 10. The molecule has 0 fully saturated rings. The summed E-state index contributed by atoms with van der Waals surface area (Å²) < 4.78 is 12.0. The van der Waals surface area contributed by atoms with Gasteiger partial charge >= 0.3 is 5.00 Å². The number of aromatic nitrogens is 5. The molecule has 1 aromatic carbocycles. The molecule has 29 heavy (non-hydrogen) atoms. The monoisotopic (exact) mass is 413 g/mol. The van der Waals surface area contributed by atoms with Gasteiger partial charge in [0.15, 0.2) is 11.5 Å². The van der Waals surface area contributed by atoms with E-state index in [9.17, 15) is 10.1 Å². The third-order valence-corrected chi connectivity index (χ3v) is 5.06. The van der Waals surface area contributed by atoms with Gasteiger partial charge in [-0.1, -0.05) is 6.07 Å². The zero-order valence-electron chi connectivity index (χ0n) is 15.4. The van der Waals surface area contributed by atoms with E-state index in [2.05, 4.69) is 25.4 Å². The summed E-state index contributed by atoms with van der Waals surface area (Å²) in [7, 11) is 3.14. The van der Waals surface area contributed by atoms with Gasteiger partial charge in [0.05, 0.1) is 24.5 Å². The first-order chi connectivity index (χ1) is 14.1. The lowest BCUT2D eigenvalue weighted by atomic mass is 10.2. The van der Waals surface area contributed by atoms with E-state index in [1.165, 1.54) is 23.4 Å². The second-order valence-electron chi connectivity index (χ2n) is 5.82. The molecule has 0 spiro atoms. The molecule has 0 aliphatic rings. The SMILES string of the molecule is COc1ccc(CNc2nc(-n3cncn3)nc3sc([N+](=O)[O-])cc23)cc1OC. The van der Waals surface area contributed by atoms with E-state index in [1.54, 1.807) is 14.2 Å². The predicted octanol–water partition coefficient (Wildman–Crippen LogP) is 2.81. The summed E-state index contributed by atoms with van der Waals surface area (Å²) in [6.45, 7) is 0.410. The highest BCUT2D eigenvalue weighted by atomic mass is 32.1. The van der Waals surface area contributed by atoms with Crippen molar-refractivity contribution in [3.05, 3.63) is 52.6 Å². The molecule has 0 bridgehead atoms. The van der Waals surface area contributed by atoms with E-state index in [0.717, 1.165) is 16.9 Å². The number of nitro groups is 1. The number of fused-ring (bicyclic) bond motifs is 1. The largest absolute Gasteiger partial charge is 0.493 e. The first-order valence-corrected chi connectivity index (χ1v) is 9.16. The minimum Gasteiger partial charge on any atom is -0.493 e. The van der Waals surface area contributed by atoms with Crippen molar-refractivity contribution in [3.8, 4) is 17.4 Å². The maximum atomic E-state index is 11.2. The number of hydrogen-bond donors (Lipinski definition) is 1. The van der Waals surface area contributed by atoms with Gasteiger partial charge in [0, 0.05) is 12.6 Å². The highest BCUT2D eigenvalue weighted by Crippen LogP contribution is 2.34. The van der Waals surface area contributed by atoms with E-state index in [-0.39, 0.29) is 10.9 Å². The Morgan fingerprint density at radius 1 is 1.21 bits per heavy atom. The van der Waals surface area contributed by atoms with Gasteiger partial charge in [-0.2, -0.15) is 19.7 Å². The van der Waals surface area contributed by atoms with Gasteiger partial charge in [0.25, 0.3) is 5.95 Å². The van der Waals surface area contributed by atoms with Crippen LogP contribution in [0.4, 0.5) is 10.8 Å². The number of rotatable bonds is 7. The molecule has 0 radical (unpaired) electrons. The zero-order valence-corrected chi connectivity index (χ0v) is 16.2. The highest BCUT2D eigenvalue weighted by Gasteiger charge is 2.18. The molecule has 4 rings (SSSR count). The van der Waals surface area contributed by atoms with Crippen LogP contribution in [0.15, 0.2) is 36.9 Å². The number of nitrogens with one attached hydrogen (secondary N) is 1. The summed E-state index contributed by atoms with van der Waals surface area (Å²) in [5, 5.41) is 19.0. The maximum absolute atomic E-state index is 11.2. The standard InChI is InChI=1S/C17H15N7O4S/c1-27-12-4-3-10(5-13(12)28-2)7-19-15-11-6-14(24(25)26)29-16(11)22-17(21-15)23-9-18-8-20-23/h3-6,8-9H,7H2,1-2H3,(H,19,21,22). The van der Waals surface area contributed by atoms with Crippen LogP contribution in [0, 0.1) is 10.1 Å².